The fourth-order valence-electron chi connectivity index (χ4n) is 3.15. The summed E-state index contributed by atoms with van der Waals surface area (Å²) in [5.41, 5.74) is 0. The van der Waals surface area contributed by atoms with Gasteiger partial charge in [0.15, 0.2) is 0 Å². The average Bonchev–Trinajstić information content (AvgIpc) is 2.16. The summed E-state index contributed by atoms with van der Waals surface area (Å²) in [5, 5.41) is 0. The first-order chi connectivity index (χ1) is 5.36. The highest BCUT2D eigenvalue weighted by Gasteiger charge is 2.27. The molecule has 0 heteroatoms. The Kier molecular flexibility index (Phi) is 2.20. The van der Waals surface area contributed by atoms with Gasteiger partial charge in [0.1, 0.15) is 0 Å². The van der Waals surface area contributed by atoms with E-state index in [1.54, 1.807) is 19.3 Å². The van der Waals surface area contributed by atoms with Crippen LogP contribution in [0.25, 0.3) is 0 Å². The van der Waals surface area contributed by atoms with Gasteiger partial charge in [0, 0.05) is 0 Å². The van der Waals surface area contributed by atoms with Gasteiger partial charge in [-0.3, -0.25) is 0 Å². The fraction of sp³-hybridized carbons (Fsp3) is 1.00. The Labute approximate surface area is 70.4 Å². The van der Waals surface area contributed by atoms with Gasteiger partial charge in [-0.2, -0.15) is 0 Å². The standard InChI is InChI=1S/C11H20/c1-9-8-10-4-2-6-11(9)7-3-5-10/h9-11H,2-8H2,1H3/t9-,10?,11?/m1/s1. The maximum atomic E-state index is 2.48. The number of fused-ring (bicyclic) bond motifs is 3. The average molecular weight is 152 g/mol. The molecular weight excluding hydrogens is 132 g/mol. The first kappa shape index (κ1) is 7.64. The van der Waals surface area contributed by atoms with E-state index >= 15 is 0 Å². The van der Waals surface area contributed by atoms with E-state index in [4.69, 9.17) is 0 Å². The van der Waals surface area contributed by atoms with Crippen molar-refractivity contribution in [1.29, 1.82) is 0 Å². The van der Waals surface area contributed by atoms with Crippen LogP contribution in [-0.4, -0.2) is 0 Å². The van der Waals surface area contributed by atoms with E-state index in [-0.39, 0.29) is 0 Å². The van der Waals surface area contributed by atoms with Crippen molar-refractivity contribution in [3.05, 3.63) is 0 Å². The van der Waals surface area contributed by atoms with Crippen LogP contribution < -0.4 is 0 Å². The largest absolute Gasteiger partial charge is 0.0622 e. The molecule has 0 aliphatic heterocycles. The molecule has 0 saturated heterocycles. The van der Waals surface area contributed by atoms with Crippen molar-refractivity contribution in [2.24, 2.45) is 17.8 Å². The third kappa shape index (κ3) is 1.60. The molecular formula is C11H20. The molecule has 0 heterocycles. The van der Waals surface area contributed by atoms with Gasteiger partial charge in [-0.15, -0.1) is 0 Å². The van der Waals surface area contributed by atoms with E-state index < -0.39 is 0 Å². The second kappa shape index (κ2) is 3.16. The van der Waals surface area contributed by atoms with Crippen molar-refractivity contribution >= 4 is 0 Å². The highest BCUT2D eigenvalue weighted by molar-refractivity contribution is 4.79. The van der Waals surface area contributed by atoms with Crippen molar-refractivity contribution in [2.75, 3.05) is 0 Å². The quantitative estimate of drug-likeness (QED) is 0.497. The summed E-state index contributed by atoms with van der Waals surface area (Å²) in [6.07, 6.45) is 10.8. The summed E-state index contributed by atoms with van der Waals surface area (Å²) in [5.74, 6) is 3.25. The molecule has 2 aliphatic rings. The van der Waals surface area contributed by atoms with E-state index in [0.717, 1.165) is 17.8 Å². The molecule has 2 fully saturated rings. The van der Waals surface area contributed by atoms with Crippen LogP contribution in [0, 0.1) is 17.8 Å². The van der Waals surface area contributed by atoms with Gasteiger partial charge < -0.3 is 0 Å². The zero-order valence-electron chi connectivity index (χ0n) is 7.68. The molecule has 2 saturated carbocycles. The van der Waals surface area contributed by atoms with Crippen LogP contribution in [0.4, 0.5) is 0 Å². The lowest BCUT2D eigenvalue weighted by Gasteiger charge is -2.18. The number of hydrogen-bond acceptors (Lipinski definition) is 0. The molecule has 2 aliphatic carbocycles. The summed E-state index contributed by atoms with van der Waals surface area (Å²) < 4.78 is 0. The van der Waals surface area contributed by atoms with Crippen LogP contribution in [0.3, 0.4) is 0 Å². The Morgan fingerprint density at radius 3 is 2.18 bits per heavy atom. The highest BCUT2D eigenvalue weighted by atomic mass is 14.3. The van der Waals surface area contributed by atoms with E-state index in [1.807, 2.05) is 0 Å². The molecule has 0 amide bonds. The van der Waals surface area contributed by atoms with Crippen LogP contribution in [0.2, 0.25) is 0 Å². The zero-order chi connectivity index (χ0) is 7.68. The predicted molar refractivity (Wildman–Crippen MR) is 48.5 cm³/mol. The van der Waals surface area contributed by atoms with Gasteiger partial charge in [0.25, 0.3) is 0 Å². The Morgan fingerprint density at radius 2 is 1.55 bits per heavy atom. The zero-order valence-corrected chi connectivity index (χ0v) is 7.68. The molecule has 0 N–H and O–H groups in total. The Morgan fingerprint density at radius 1 is 0.909 bits per heavy atom. The van der Waals surface area contributed by atoms with Crippen LogP contribution in [-0.2, 0) is 0 Å². The van der Waals surface area contributed by atoms with Crippen LogP contribution in [0.5, 0.6) is 0 Å². The van der Waals surface area contributed by atoms with E-state index in [9.17, 15) is 0 Å². The topological polar surface area (TPSA) is 0 Å². The SMILES string of the molecule is C[C@@H]1CC2CCCC1CCC2. The van der Waals surface area contributed by atoms with Gasteiger partial charge >= 0.3 is 0 Å². The highest BCUT2D eigenvalue weighted by Crippen LogP contribution is 2.40. The van der Waals surface area contributed by atoms with Crippen molar-refractivity contribution in [1.82, 2.24) is 0 Å². The normalized spacial score (nSPS) is 45.0. The van der Waals surface area contributed by atoms with Gasteiger partial charge in [-0.05, 0) is 24.2 Å². The lowest BCUT2D eigenvalue weighted by Crippen LogP contribution is -2.08. The van der Waals surface area contributed by atoms with Gasteiger partial charge in [0.2, 0.25) is 0 Å². The van der Waals surface area contributed by atoms with Gasteiger partial charge in [0.05, 0.1) is 0 Å². The second-order valence-corrected chi connectivity index (χ2v) is 4.70. The van der Waals surface area contributed by atoms with Crippen LogP contribution in [0.15, 0.2) is 0 Å². The van der Waals surface area contributed by atoms with Crippen molar-refractivity contribution in [3.8, 4) is 0 Å². The summed E-state index contributed by atoms with van der Waals surface area (Å²) in [6, 6.07) is 0. The molecule has 2 bridgehead atoms. The molecule has 0 spiro atoms. The van der Waals surface area contributed by atoms with Crippen molar-refractivity contribution in [3.63, 3.8) is 0 Å². The molecule has 64 valence electrons. The van der Waals surface area contributed by atoms with Crippen molar-refractivity contribution < 1.29 is 0 Å². The van der Waals surface area contributed by atoms with Gasteiger partial charge in [-0.25, -0.2) is 0 Å². The minimum absolute atomic E-state index is 1.05. The Bertz CT molecular complexity index is 118. The fourth-order valence-corrected chi connectivity index (χ4v) is 3.15. The third-order valence-corrected chi connectivity index (χ3v) is 3.88. The summed E-state index contributed by atoms with van der Waals surface area (Å²) in [4.78, 5) is 0. The Balaban J connectivity index is 2.08. The van der Waals surface area contributed by atoms with Gasteiger partial charge in [-0.1, -0.05) is 45.4 Å². The predicted octanol–water partition coefficient (Wildman–Crippen LogP) is 3.61. The number of rotatable bonds is 0. The number of hydrogen-bond donors (Lipinski definition) is 0. The molecule has 0 aromatic carbocycles. The van der Waals surface area contributed by atoms with Crippen LogP contribution in [0.1, 0.15) is 51.9 Å². The first-order valence-electron chi connectivity index (χ1n) is 5.36. The second-order valence-electron chi connectivity index (χ2n) is 4.70. The van der Waals surface area contributed by atoms with E-state index in [0.29, 0.717) is 0 Å². The maximum absolute atomic E-state index is 2.48. The van der Waals surface area contributed by atoms with E-state index in [2.05, 4.69) is 6.92 Å². The molecule has 0 aromatic rings. The van der Waals surface area contributed by atoms with E-state index in [1.165, 1.54) is 25.7 Å². The molecule has 0 nitrogen and oxygen atoms in total. The molecule has 2 rings (SSSR count). The molecule has 0 radical (unpaired) electrons. The Hall–Kier alpha value is 0. The monoisotopic (exact) mass is 152 g/mol. The minimum atomic E-state index is 1.05. The van der Waals surface area contributed by atoms with Crippen molar-refractivity contribution in [2.45, 2.75) is 51.9 Å². The molecule has 0 unspecified atom stereocenters. The van der Waals surface area contributed by atoms with Crippen LogP contribution >= 0.6 is 0 Å². The molecule has 0 aromatic heterocycles. The molecule has 1 atom stereocenters. The lowest BCUT2D eigenvalue weighted by molar-refractivity contribution is 0.327. The lowest BCUT2D eigenvalue weighted by atomic mass is 9.88. The molecule has 11 heavy (non-hydrogen) atoms. The first-order valence-corrected chi connectivity index (χ1v) is 5.36. The summed E-state index contributed by atoms with van der Waals surface area (Å²) in [6.45, 7) is 2.48. The smallest absolute Gasteiger partial charge is 0.0388 e. The summed E-state index contributed by atoms with van der Waals surface area (Å²) in [7, 11) is 0. The third-order valence-electron chi connectivity index (χ3n) is 3.88. The maximum Gasteiger partial charge on any atom is -0.0388 e. The summed E-state index contributed by atoms with van der Waals surface area (Å²) >= 11 is 0. The minimum Gasteiger partial charge on any atom is -0.0622 e.